The molecule has 1 aliphatic rings. The standard InChI is InChI=1S/C13H18N2O4S/c16-6-5-11(12(17)18)14-13(19)15(9-3-4-9)8-10-2-1-7-20-10/h1-2,7,9,11,16H,3-6,8H2,(H,14,19)(H,17,18). The maximum Gasteiger partial charge on any atom is 0.326 e. The number of nitrogens with zero attached hydrogens (tertiary/aromatic N) is 1. The minimum Gasteiger partial charge on any atom is -0.480 e. The second-order valence-electron chi connectivity index (χ2n) is 4.79. The predicted molar refractivity (Wildman–Crippen MR) is 74.5 cm³/mol. The van der Waals surface area contributed by atoms with Crippen molar-refractivity contribution in [1.29, 1.82) is 0 Å². The van der Waals surface area contributed by atoms with Crippen molar-refractivity contribution in [1.82, 2.24) is 10.2 Å². The van der Waals surface area contributed by atoms with E-state index in [9.17, 15) is 9.59 Å². The van der Waals surface area contributed by atoms with Crippen molar-refractivity contribution < 1.29 is 19.8 Å². The van der Waals surface area contributed by atoms with Crippen LogP contribution in [0.1, 0.15) is 24.1 Å². The van der Waals surface area contributed by atoms with Gasteiger partial charge in [-0.3, -0.25) is 0 Å². The van der Waals surface area contributed by atoms with Gasteiger partial charge in [0.25, 0.3) is 0 Å². The molecule has 7 heteroatoms. The molecule has 1 saturated carbocycles. The van der Waals surface area contributed by atoms with Crippen LogP contribution >= 0.6 is 11.3 Å². The Bertz CT molecular complexity index is 459. The Morgan fingerprint density at radius 1 is 1.50 bits per heavy atom. The molecule has 1 unspecified atom stereocenters. The molecule has 6 nitrogen and oxygen atoms in total. The van der Waals surface area contributed by atoms with Crippen LogP contribution in [0.15, 0.2) is 17.5 Å². The van der Waals surface area contributed by atoms with Gasteiger partial charge in [0.2, 0.25) is 0 Å². The summed E-state index contributed by atoms with van der Waals surface area (Å²) in [6.45, 7) is 0.227. The largest absolute Gasteiger partial charge is 0.480 e. The molecule has 20 heavy (non-hydrogen) atoms. The monoisotopic (exact) mass is 298 g/mol. The average Bonchev–Trinajstić information content (AvgIpc) is 3.12. The first-order valence-corrected chi connectivity index (χ1v) is 7.43. The van der Waals surface area contributed by atoms with Gasteiger partial charge in [0.15, 0.2) is 0 Å². The summed E-state index contributed by atoms with van der Waals surface area (Å²) in [6.07, 6.45) is 1.92. The molecule has 1 aromatic rings. The number of aliphatic carboxylic acids is 1. The second kappa shape index (κ2) is 6.71. The fourth-order valence-electron chi connectivity index (χ4n) is 1.94. The molecule has 1 fully saturated rings. The zero-order valence-electron chi connectivity index (χ0n) is 11.0. The van der Waals surface area contributed by atoms with Crippen LogP contribution in [0.4, 0.5) is 4.79 Å². The molecule has 0 saturated heterocycles. The predicted octanol–water partition coefficient (Wildman–Crippen LogP) is 1.26. The van der Waals surface area contributed by atoms with Crippen molar-refractivity contribution in [2.45, 2.75) is 37.9 Å². The molecular weight excluding hydrogens is 280 g/mol. The Hall–Kier alpha value is -1.60. The minimum absolute atomic E-state index is 0.0125. The van der Waals surface area contributed by atoms with Gasteiger partial charge in [-0.1, -0.05) is 6.07 Å². The van der Waals surface area contributed by atoms with Crippen LogP contribution < -0.4 is 5.32 Å². The third kappa shape index (κ3) is 3.94. The van der Waals surface area contributed by atoms with Gasteiger partial charge in [-0.25, -0.2) is 9.59 Å². The van der Waals surface area contributed by atoms with E-state index in [0.29, 0.717) is 6.54 Å². The first-order valence-electron chi connectivity index (χ1n) is 6.55. The highest BCUT2D eigenvalue weighted by molar-refractivity contribution is 7.09. The quantitative estimate of drug-likeness (QED) is 0.707. The third-order valence-corrected chi connectivity index (χ3v) is 4.03. The Morgan fingerprint density at radius 3 is 2.75 bits per heavy atom. The lowest BCUT2D eigenvalue weighted by Crippen LogP contribution is -2.48. The lowest BCUT2D eigenvalue weighted by atomic mass is 10.2. The Labute approximate surface area is 121 Å². The summed E-state index contributed by atoms with van der Waals surface area (Å²) in [7, 11) is 0. The summed E-state index contributed by atoms with van der Waals surface area (Å²) in [6, 6.07) is 2.66. The number of carbonyl (C=O) groups is 2. The van der Waals surface area contributed by atoms with Gasteiger partial charge in [-0.15, -0.1) is 11.3 Å². The van der Waals surface area contributed by atoms with E-state index in [4.69, 9.17) is 10.2 Å². The van der Waals surface area contributed by atoms with Crippen LogP contribution in [0.25, 0.3) is 0 Å². The summed E-state index contributed by atoms with van der Waals surface area (Å²) >= 11 is 1.57. The number of carbonyl (C=O) groups excluding carboxylic acids is 1. The number of urea groups is 1. The van der Waals surface area contributed by atoms with Crippen LogP contribution in [-0.2, 0) is 11.3 Å². The lowest BCUT2D eigenvalue weighted by molar-refractivity contribution is -0.139. The zero-order valence-corrected chi connectivity index (χ0v) is 11.8. The Balaban J connectivity index is 1.97. The summed E-state index contributed by atoms with van der Waals surface area (Å²) in [5, 5.41) is 22.3. The van der Waals surface area contributed by atoms with Gasteiger partial charge >= 0.3 is 12.0 Å². The molecule has 1 heterocycles. The maximum absolute atomic E-state index is 12.2. The molecule has 0 spiro atoms. The SMILES string of the molecule is O=C(O)C(CCO)NC(=O)N(Cc1cccs1)C1CC1. The van der Waals surface area contributed by atoms with E-state index >= 15 is 0 Å². The van der Waals surface area contributed by atoms with Crippen molar-refractivity contribution in [2.75, 3.05) is 6.61 Å². The summed E-state index contributed by atoms with van der Waals surface area (Å²) in [5.74, 6) is -1.13. The molecule has 0 aromatic carbocycles. The fourth-order valence-corrected chi connectivity index (χ4v) is 2.64. The van der Waals surface area contributed by atoms with Gasteiger partial charge < -0.3 is 20.4 Å². The smallest absolute Gasteiger partial charge is 0.326 e. The molecule has 1 atom stereocenters. The number of hydrogen-bond donors (Lipinski definition) is 3. The fraction of sp³-hybridized carbons (Fsp3) is 0.538. The van der Waals surface area contributed by atoms with Crippen LogP contribution in [-0.4, -0.2) is 45.8 Å². The Kier molecular flexibility index (Phi) is 4.97. The number of carboxylic acid groups (broad SMARTS) is 1. The van der Waals surface area contributed by atoms with Crippen LogP contribution in [0.3, 0.4) is 0 Å². The number of aliphatic hydroxyl groups is 1. The average molecular weight is 298 g/mol. The molecule has 0 radical (unpaired) electrons. The van der Waals surface area contributed by atoms with Gasteiger partial charge in [-0.2, -0.15) is 0 Å². The van der Waals surface area contributed by atoms with Crippen LogP contribution in [0.2, 0.25) is 0 Å². The highest BCUT2D eigenvalue weighted by Gasteiger charge is 2.34. The third-order valence-electron chi connectivity index (χ3n) is 3.17. The van der Waals surface area contributed by atoms with E-state index in [1.807, 2.05) is 17.5 Å². The van der Waals surface area contributed by atoms with E-state index < -0.39 is 12.0 Å². The van der Waals surface area contributed by atoms with Crippen molar-refractivity contribution in [3.8, 4) is 0 Å². The lowest BCUT2D eigenvalue weighted by Gasteiger charge is -2.24. The molecule has 0 bridgehead atoms. The van der Waals surface area contributed by atoms with Gasteiger partial charge in [-0.05, 0) is 24.3 Å². The summed E-state index contributed by atoms with van der Waals surface area (Å²) in [5.41, 5.74) is 0. The molecule has 110 valence electrons. The summed E-state index contributed by atoms with van der Waals surface area (Å²) < 4.78 is 0. The topological polar surface area (TPSA) is 89.9 Å². The number of thiophene rings is 1. The van der Waals surface area contributed by atoms with Gasteiger partial charge in [0, 0.05) is 23.9 Å². The summed E-state index contributed by atoms with van der Waals surface area (Å²) in [4.78, 5) is 26.0. The van der Waals surface area contributed by atoms with E-state index in [-0.39, 0.29) is 25.1 Å². The molecule has 0 aliphatic heterocycles. The highest BCUT2D eigenvalue weighted by Crippen LogP contribution is 2.29. The number of rotatable bonds is 7. The number of aliphatic hydroxyl groups excluding tert-OH is 1. The molecular formula is C13H18N2O4S. The van der Waals surface area contributed by atoms with Gasteiger partial charge in [0.1, 0.15) is 6.04 Å². The van der Waals surface area contributed by atoms with Crippen molar-refractivity contribution in [3.05, 3.63) is 22.4 Å². The van der Waals surface area contributed by atoms with Crippen LogP contribution in [0.5, 0.6) is 0 Å². The molecule has 1 aromatic heterocycles. The number of amides is 2. The van der Waals surface area contributed by atoms with E-state index in [1.165, 1.54) is 0 Å². The molecule has 2 rings (SSSR count). The van der Waals surface area contributed by atoms with Crippen LogP contribution in [0, 0.1) is 0 Å². The molecule has 1 aliphatic carbocycles. The number of carboxylic acids is 1. The van der Waals surface area contributed by atoms with Gasteiger partial charge in [0.05, 0.1) is 6.54 Å². The minimum atomic E-state index is -1.13. The van der Waals surface area contributed by atoms with Crippen molar-refractivity contribution in [3.63, 3.8) is 0 Å². The zero-order chi connectivity index (χ0) is 14.5. The first kappa shape index (κ1) is 14.8. The Morgan fingerprint density at radius 2 is 2.25 bits per heavy atom. The van der Waals surface area contributed by atoms with Crippen molar-refractivity contribution >= 4 is 23.3 Å². The molecule has 2 amide bonds. The second-order valence-corrected chi connectivity index (χ2v) is 5.82. The van der Waals surface area contributed by atoms with E-state index in [2.05, 4.69) is 5.32 Å². The van der Waals surface area contributed by atoms with E-state index in [0.717, 1.165) is 17.7 Å². The van der Waals surface area contributed by atoms with Crippen molar-refractivity contribution in [2.24, 2.45) is 0 Å². The highest BCUT2D eigenvalue weighted by atomic mass is 32.1. The number of nitrogens with one attached hydrogen (secondary N) is 1. The normalized spacial score (nSPS) is 15.7. The molecule has 3 N–H and O–H groups in total. The first-order chi connectivity index (χ1) is 9.61. The maximum atomic E-state index is 12.2. The number of hydrogen-bond acceptors (Lipinski definition) is 4. The van der Waals surface area contributed by atoms with E-state index in [1.54, 1.807) is 16.2 Å².